The lowest BCUT2D eigenvalue weighted by Gasteiger charge is -2.10. The van der Waals surface area contributed by atoms with E-state index in [9.17, 15) is 9.18 Å². The molecule has 1 amide bonds. The van der Waals surface area contributed by atoms with Gasteiger partial charge in [-0.1, -0.05) is 0 Å². The first kappa shape index (κ1) is 11.9. The predicted octanol–water partition coefficient (Wildman–Crippen LogP) is 1.77. The molecule has 4 nitrogen and oxygen atoms in total. The maximum Gasteiger partial charge on any atom is 0.229 e. The third-order valence-electron chi connectivity index (χ3n) is 2.83. The van der Waals surface area contributed by atoms with Crippen LogP contribution >= 0.6 is 0 Å². The third kappa shape index (κ3) is 2.74. The van der Waals surface area contributed by atoms with Crippen LogP contribution in [-0.4, -0.2) is 18.6 Å². The quantitative estimate of drug-likeness (QED) is 0.772. The molecule has 2 atom stereocenters. The maximum absolute atomic E-state index is 12.9. The van der Waals surface area contributed by atoms with Gasteiger partial charge in [0.1, 0.15) is 5.82 Å². The number of nitrogens with two attached hydrogens (primary N) is 1. The molecular formula is C12H15FN2O2. The molecule has 0 spiro atoms. The Labute approximate surface area is 98.9 Å². The first-order valence-electron chi connectivity index (χ1n) is 5.53. The van der Waals surface area contributed by atoms with Crippen LogP contribution in [0.25, 0.3) is 0 Å². The summed E-state index contributed by atoms with van der Waals surface area (Å²) in [5.41, 5.74) is 5.96. The van der Waals surface area contributed by atoms with E-state index >= 15 is 0 Å². The van der Waals surface area contributed by atoms with Crippen LogP contribution in [0.15, 0.2) is 18.2 Å². The molecule has 2 rings (SSSR count). The SMILES string of the molecule is CC1CC(C(=O)Nc2ccc(F)c(N)c2)CO1. The van der Waals surface area contributed by atoms with Crippen molar-refractivity contribution in [2.24, 2.45) is 5.92 Å². The van der Waals surface area contributed by atoms with Crippen molar-refractivity contribution in [2.45, 2.75) is 19.4 Å². The lowest BCUT2D eigenvalue weighted by atomic mass is 10.1. The highest BCUT2D eigenvalue weighted by molar-refractivity contribution is 5.93. The van der Waals surface area contributed by atoms with Crippen LogP contribution in [0.5, 0.6) is 0 Å². The monoisotopic (exact) mass is 238 g/mol. The van der Waals surface area contributed by atoms with Crippen molar-refractivity contribution >= 4 is 17.3 Å². The summed E-state index contributed by atoms with van der Waals surface area (Å²) in [6.45, 7) is 2.37. The molecular weight excluding hydrogens is 223 g/mol. The smallest absolute Gasteiger partial charge is 0.229 e. The average molecular weight is 238 g/mol. The molecule has 1 aromatic carbocycles. The summed E-state index contributed by atoms with van der Waals surface area (Å²) in [7, 11) is 0. The molecule has 0 saturated carbocycles. The molecule has 0 aliphatic carbocycles. The highest BCUT2D eigenvalue weighted by Gasteiger charge is 2.28. The number of nitrogens with one attached hydrogen (secondary N) is 1. The number of ether oxygens (including phenoxy) is 1. The fourth-order valence-electron chi connectivity index (χ4n) is 1.87. The van der Waals surface area contributed by atoms with Gasteiger partial charge in [-0.2, -0.15) is 0 Å². The number of benzene rings is 1. The Morgan fingerprint density at radius 1 is 1.59 bits per heavy atom. The molecule has 1 saturated heterocycles. The van der Waals surface area contributed by atoms with Gasteiger partial charge in [0.2, 0.25) is 5.91 Å². The van der Waals surface area contributed by atoms with Crippen molar-refractivity contribution in [3.8, 4) is 0 Å². The summed E-state index contributed by atoms with van der Waals surface area (Å²) in [4.78, 5) is 11.8. The Morgan fingerprint density at radius 2 is 2.35 bits per heavy atom. The summed E-state index contributed by atoms with van der Waals surface area (Å²) >= 11 is 0. The minimum absolute atomic E-state index is 0.0267. The lowest BCUT2D eigenvalue weighted by molar-refractivity contribution is -0.119. The minimum Gasteiger partial charge on any atom is -0.396 e. The number of carbonyl (C=O) groups is 1. The zero-order chi connectivity index (χ0) is 12.4. The number of hydrogen-bond donors (Lipinski definition) is 2. The van der Waals surface area contributed by atoms with Gasteiger partial charge in [-0.25, -0.2) is 4.39 Å². The van der Waals surface area contributed by atoms with Crippen LogP contribution in [0.1, 0.15) is 13.3 Å². The highest BCUT2D eigenvalue weighted by atomic mass is 19.1. The van der Waals surface area contributed by atoms with Gasteiger partial charge in [-0.05, 0) is 31.5 Å². The second-order valence-corrected chi connectivity index (χ2v) is 4.30. The molecule has 5 heteroatoms. The van der Waals surface area contributed by atoms with Crippen molar-refractivity contribution in [2.75, 3.05) is 17.7 Å². The van der Waals surface area contributed by atoms with E-state index in [0.29, 0.717) is 18.7 Å². The first-order valence-corrected chi connectivity index (χ1v) is 5.53. The summed E-state index contributed by atoms with van der Waals surface area (Å²) in [5.74, 6) is -0.738. The van der Waals surface area contributed by atoms with E-state index in [0.717, 1.165) is 0 Å². The van der Waals surface area contributed by atoms with Gasteiger partial charge >= 0.3 is 0 Å². The first-order chi connectivity index (χ1) is 8.06. The van der Waals surface area contributed by atoms with Crippen LogP contribution in [0.3, 0.4) is 0 Å². The van der Waals surface area contributed by atoms with Crippen LogP contribution in [0.2, 0.25) is 0 Å². The Balaban J connectivity index is 2.00. The largest absolute Gasteiger partial charge is 0.396 e. The Hall–Kier alpha value is -1.62. The van der Waals surface area contributed by atoms with Crippen molar-refractivity contribution < 1.29 is 13.9 Å². The Kier molecular flexibility index (Phi) is 3.28. The van der Waals surface area contributed by atoms with E-state index < -0.39 is 5.82 Å². The Bertz CT molecular complexity index is 437. The summed E-state index contributed by atoms with van der Waals surface area (Å²) in [6, 6.07) is 4.13. The topological polar surface area (TPSA) is 64.4 Å². The summed E-state index contributed by atoms with van der Waals surface area (Å²) < 4.78 is 18.3. The van der Waals surface area contributed by atoms with Gasteiger partial charge in [-0.3, -0.25) is 4.79 Å². The number of rotatable bonds is 2. The standard InChI is InChI=1S/C12H15FN2O2/c1-7-4-8(6-17-7)12(16)15-9-2-3-10(13)11(14)5-9/h2-3,5,7-8H,4,6,14H2,1H3,(H,15,16). The van der Waals surface area contributed by atoms with E-state index in [4.69, 9.17) is 10.5 Å². The minimum atomic E-state index is -0.485. The second-order valence-electron chi connectivity index (χ2n) is 4.30. The number of hydrogen-bond acceptors (Lipinski definition) is 3. The zero-order valence-corrected chi connectivity index (χ0v) is 9.57. The van der Waals surface area contributed by atoms with E-state index in [1.807, 2.05) is 6.92 Å². The van der Waals surface area contributed by atoms with Crippen LogP contribution < -0.4 is 11.1 Å². The normalized spacial score (nSPS) is 23.6. The van der Waals surface area contributed by atoms with Crippen LogP contribution in [0.4, 0.5) is 15.8 Å². The van der Waals surface area contributed by atoms with Gasteiger partial charge in [0.05, 0.1) is 24.3 Å². The third-order valence-corrected chi connectivity index (χ3v) is 2.83. The number of nitrogen functional groups attached to an aromatic ring is 1. The zero-order valence-electron chi connectivity index (χ0n) is 9.57. The second kappa shape index (κ2) is 4.71. The van der Waals surface area contributed by atoms with Gasteiger partial charge in [0.15, 0.2) is 0 Å². The van der Waals surface area contributed by atoms with Crippen molar-refractivity contribution in [3.05, 3.63) is 24.0 Å². The molecule has 17 heavy (non-hydrogen) atoms. The highest BCUT2D eigenvalue weighted by Crippen LogP contribution is 2.22. The average Bonchev–Trinajstić information content (AvgIpc) is 2.70. The van der Waals surface area contributed by atoms with E-state index in [-0.39, 0.29) is 23.6 Å². The molecule has 1 fully saturated rings. The molecule has 0 aromatic heterocycles. The van der Waals surface area contributed by atoms with Crippen molar-refractivity contribution in [3.63, 3.8) is 0 Å². The molecule has 92 valence electrons. The Morgan fingerprint density at radius 3 is 2.94 bits per heavy atom. The fraction of sp³-hybridized carbons (Fsp3) is 0.417. The van der Waals surface area contributed by atoms with E-state index in [1.165, 1.54) is 18.2 Å². The lowest BCUT2D eigenvalue weighted by Crippen LogP contribution is -2.23. The van der Waals surface area contributed by atoms with Crippen LogP contribution in [-0.2, 0) is 9.53 Å². The van der Waals surface area contributed by atoms with E-state index in [1.54, 1.807) is 0 Å². The fourth-order valence-corrected chi connectivity index (χ4v) is 1.87. The van der Waals surface area contributed by atoms with E-state index in [2.05, 4.69) is 5.32 Å². The number of halogens is 1. The molecule has 0 radical (unpaired) electrons. The summed E-state index contributed by atoms with van der Waals surface area (Å²) in [6.07, 6.45) is 0.826. The molecule has 2 unspecified atom stereocenters. The summed E-state index contributed by atoms with van der Waals surface area (Å²) in [5, 5.41) is 2.71. The molecule has 1 heterocycles. The van der Waals surface area contributed by atoms with Crippen LogP contribution in [0, 0.1) is 11.7 Å². The van der Waals surface area contributed by atoms with Crippen molar-refractivity contribution in [1.29, 1.82) is 0 Å². The number of anilines is 2. The molecule has 3 N–H and O–H groups in total. The van der Waals surface area contributed by atoms with Gasteiger partial charge in [0, 0.05) is 5.69 Å². The predicted molar refractivity (Wildman–Crippen MR) is 63.0 cm³/mol. The number of carbonyl (C=O) groups excluding carboxylic acids is 1. The number of amides is 1. The molecule has 1 aliphatic heterocycles. The molecule has 1 aromatic rings. The van der Waals surface area contributed by atoms with Gasteiger partial charge in [-0.15, -0.1) is 0 Å². The molecule has 1 aliphatic rings. The van der Waals surface area contributed by atoms with Gasteiger partial charge < -0.3 is 15.8 Å². The van der Waals surface area contributed by atoms with Gasteiger partial charge in [0.25, 0.3) is 0 Å². The maximum atomic E-state index is 12.9. The molecule has 0 bridgehead atoms. The van der Waals surface area contributed by atoms with Crippen molar-refractivity contribution in [1.82, 2.24) is 0 Å².